The van der Waals surface area contributed by atoms with E-state index in [1.165, 1.54) is 5.56 Å². The number of ether oxygens (including phenoxy) is 2. The molecule has 1 amide bonds. The van der Waals surface area contributed by atoms with Crippen LogP contribution >= 0.6 is 0 Å². The Morgan fingerprint density at radius 1 is 1.12 bits per heavy atom. The molecule has 126 valence electrons. The Balaban J connectivity index is 1.50. The second-order valence-corrected chi connectivity index (χ2v) is 6.80. The number of benzene rings is 1. The molecule has 1 aliphatic heterocycles. The first-order valence-corrected chi connectivity index (χ1v) is 8.76. The van der Waals surface area contributed by atoms with Crippen LogP contribution in [0.1, 0.15) is 18.9 Å². The van der Waals surface area contributed by atoms with Crippen molar-refractivity contribution in [3.63, 3.8) is 0 Å². The number of carbonyl (C=O) groups is 1. The van der Waals surface area contributed by atoms with Gasteiger partial charge in [0.2, 0.25) is 12.7 Å². The lowest BCUT2D eigenvalue weighted by molar-refractivity contribution is -0.125. The second-order valence-electron chi connectivity index (χ2n) is 6.80. The summed E-state index contributed by atoms with van der Waals surface area (Å²) >= 11 is 0. The van der Waals surface area contributed by atoms with Gasteiger partial charge in [-0.25, -0.2) is 0 Å². The summed E-state index contributed by atoms with van der Waals surface area (Å²) in [5.74, 6) is 3.77. The van der Waals surface area contributed by atoms with Crippen LogP contribution in [0.15, 0.2) is 42.5 Å². The maximum atomic E-state index is 12.1. The van der Waals surface area contributed by atoms with Crippen molar-refractivity contribution in [3.8, 4) is 11.5 Å². The summed E-state index contributed by atoms with van der Waals surface area (Å²) in [5, 5.41) is 2.94. The number of hydrogen-bond acceptors (Lipinski definition) is 3. The summed E-state index contributed by atoms with van der Waals surface area (Å²) in [6.45, 7) is 2.97. The third-order valence-corrected chi connectivity index (χ3v) is 5.46. The summed E-state index contributed by atoms with van der Waals surface area (Å²) in [6, 6.07) is 6.19. The van der Waals surface area contributed by atoms with Crippen molar-refractivity contribution in [1.29, 1.82) is 0 Å². The van der Waals surface area contributed by atoms with E-state index in [9.17, 15) is 4.79 Å². The Bertz CT molecular complexity index is 694. The van der Waals surface area contributed by atoms with Crippen molar-refractivity contribution >= 4 is 5.91 Å². The standard InChI is InChI=1S/C20H23NO3/c1-2-21-20(22)11-17-15-6-4-3-5-14(15)16(17)9-13-7-8-18-19(10-13)24-12-23-18/h3-8,10,14-17H,2,9,11-12H2,1H3,(H,21,22)/t14-,15+,16-,17-/m1/s1. The maximum absolute atomic E-state index is 12.1. The minimum absolute atomic E-state index is 0.166. The summed E-state index contributed by atoms with van der Waals surface area (Å²) < 4.78 is 10.9. The van der Waals surface area contributed by atoms with Crippen LogP contribution in [-0.4, -0.2) is 19.2 Å². The van der Waals surface area contributed by atoms with Crippen LogP contribution in [0, 0.1) is 23.7 Å². The van der Waals surface area contributed by atoms with Gasteiger partial charge in [-0.05, 0) is 54.7 Å². The number of allylic oxidation sites excluding steroid dienone is 4. The van der Waals surface area contributed by atoms with Crippen LogP contribution in [0.4, 0.5) is 0 Å². The molecule has 3 aliphatic rings. The lowest BCUT2D eigenvalue weighted by atomic mass is 9.53. The molecule has 0 radical (unpaired) electrons. The van der Waals surface area contributed by atoms with Crippen LogP contribution in [-0.2, 0) is 11.2 Å². The van der Waals surface area contributed by atoms with Gasteiger partial charge in [0.1, 0.15) is 0 Å². The minimum Gasteiger partial charge on any atom is -0.454 e. The number of amides is 1. The normalized spacial score (nSPS) is 29.0. The Kier molecular flexibility index (Phi) is 4.05. The fourth-order valence-electron chi connectivity index (χ4n) is 4.32. The van der Waals surface area contributed by atoms with Crippen molar-refractivity contribution in [2.75, 3.05) is 13.3 Å². The quantitative estimate of drug-likeness (QED) is 0.905. The molecule has 4 atom stereocenters. The van der Waals surface area contributed by atoms with Crippen LogP contribution in [0.3, 0.4) is 0 Å². The molecule has 4 heteroatoms. The summed E-state index contributed by atoms with van der Waals surface area (Å²) in [6.07, 6.45) is 10.4. The van der Waals surface area contributed by atoms with Crippen LogP contribution < -0.4 is 14.8 Å². The molecule has 0 spiro atoms. The molecule has 1 aromatic rings. The number of carbonyl (C=O) groups excluding carboxylic acids is 1. The third-order valence-electron chi connectivity index (χ3n) is 5.46. The first-order chi connectivity index (χ1) is 11.8. The van der Waals surface area contributed by atoms with Crippen LogP contribution in [0.25, 0.3) is 0 Å². The van der Waals surface area contributed by atoms with E-state index in [0.29, 0.717) is 43.4 Å². The number of rotatable bonds is 5. The van der Waals surface area contributed by atoms with Crippen molar-refractivity contribution in [3.05, 3.63) is 48.1 Å². The molecule has 1 heterocycles. The van der Waals surface area contributed by atoms with Crippen molar-refractivity contribution in [2.45, 2.75) is 19.8 Å². The molecule has 1 fully saturated rings. The smallest absolute Gasteiger partial charge is 0.231 e. The van der Waals surface area contributed by atoms with Gasteiger partial charge in [0.25, 0.3) is 0 Å². The van der Waals surface area contributed by atoms with Gasteiger partial charge in [0.05, 0.1) is 0 Å². The van der Waals surface area contributed by atoms with Gasteiger partial charge < -0.3 is 14.8 Å². The fourth-order valence-corrected chi connectivity index (χ4v) is 4.32. The Hall–Kier alpha value is -2.23. The lowest BCUT2D eigenvalue weighted by Crippen LogP contribution is -2.48. The SMILES string of the molecule is CCNC(=O)C[C@@H]1[C@H]2C=CC=C[C@H]2[C@H]1Cc1ccc2c(c1)OCO2. The van der Waals surface area contributed by atoms with Crippen molar-refractivity contribution in [1.82, 2.24) is 5.32 Å². The predicted molar refractivity (Wildman–Crippen MR) is 91.8 cm³/mol. The molecule has 0 aromatic heterocycles. The highest BCUT2D eigenvalue weighted by Crippen LogP contribution is 2.52. The lowest BCUT2D eigenvalue weighted by Gasteiger charge is -2.51. The van der Waals surface area contributed by atoms with E-state index in [1.54, 1.807) is 0 Å². The average molecular weight is 325 g/mol. The number of nitrogens with one attached hydrogen (secondary N) is 1. The first-order valence-electron chi connectivity index (χ1n) is 8.76. The molecule has 4 rings (SSSR count). The van der Waals surface area contributed by atoms with Gasteiger partial charge in [-0.3, -0.25) is 4.79 Å². The zero-order valence-corrected chi connectivity index (χ0v) is 13.9. The van der Waals surface area contributed by atoms with Crippen LogP contribution in [0.5, 0.6) is 11.5 Å². The second kappa shape index (κ2) is 6.34. The highest BCUT2D eigenvalue weighted by molar-refractivity contribution is 5.76. The van der Waals surface area contributed by atoms with Gasteiger partial charge in [0, 0.05) is 13.0 Å². The molecule has 24 heavy (non-hydrogen) atoms. The van der Waals surface area contributed by atoms with Gasteiger partial charge in [-0.15, -0.1) is 0 Å². The Labute approximate surface area is 142 Å². The zero-order chi connectivity index (χ0) is 16.5. The maximum Gasteiger partial charge on any atom is 0.231 e. The fraction of sp³-hybridized carbons (Fsp3) is 0.450. The first kappa shape index (κ1) is 15.3. The van der Waals surface area contributed by atoms with E-state index in [0.717, 1.165) is 17.9 Å². The van der Waals surface area contributed by atoms with E-state index in [4.69, 9.17) is 9.47 Å². The summed E-state index contributed by atoms with van der Waals surface area (Å²) in [7, 11) is 0. The summed E-state index contributed by atoms with van der Waals surface area (Å²) in [5.41, 5.74) is 1.26. The molecule has 1 saturated carbocycles. The Morgan fingerprint density at radius 3 is 2.67 bits per heavy atom. The monoisotopic (exact) mass is 325 g/mol. The minimum atomic E-state index is 0.166. The van der Waals surface area contributed by atoms with Gasteiger partial charge in [-0.2, -0.15) is 0 Å². The van der Waals surface area contributed by atoms with Crippen molar-refractivity contribution < 1.29 is 14.3 Å². The number of hydrogen-bond donors (Lipinski definition) is 1. The Morgan fingerprint density at radius 2 is 1.88 bits per heavy atom. The van der Waals surface area contributed by atoms with Gasteiger partial charge in [-0.1, -0.05) is 30.4 Å². The highest BCUT2D eigenvalue weighted by Gasteiger charge is 2.48. The van der Waals surface area contributed by atoms with E-state index in [-0.39, 0.29) is 5.91 Å². The topological polar surface area (TPSA) is 47.6 Å². The van der Waals surface area contributed by atoms with Gasteiger partial charge >= 0.3 is 0 Å². The van der Waals surface area contributed by atoms with E-state index < -0.39 is 0 Å². The molecule has 0 saturated heterocycles. The van der Waals surface area contributed by atoms with Crippen LogP contribution in [0.2, 0.25) is 0 Å². The molecule has 1 N–H and O–H groups in total. The van der Waals surface area contributed by atoms with E-state index >= 15 is 0 Å². The third kappa shape index (κ3) is 2.70. The zero-order valence-electron chi connectivity index (χ0n) is 13.9. The molecule has 2 aliphatic carbocycles. The molecular weight excluding hydrogens is 302 g/mol. The summed E-state index contributed by atoms with van der Waals surface area (Å²) in [4.78, 5) is 12.1. The largest absolute Gasteiger partial charge is 0.454 e. The van der Waals surface area contributed by atoms with E-state index in [1.807, 2.05) is 13.0 Å². The van der Waals surface area contributed by atoms with Gasteiger partial charge in [0.15, 0.2) is 11.5 Å². The molecular formula is C20H23NO3. The average Bonchev–Trinajstić information content (AvgIpc) is 3.06. The molecule has 0 bridgehead atoms. The highest BCUT2D eigenvalue weighted by atomic mass is 16.7. The van der Waals surface area contributed by atoms with Crippen molar-refractivity contribution in [2.24, 2.45) is 23.7 Å². The number of fused-ring (bicyclic) bond motifs is 2. The van der Waals surface area contributed by atoms with E-state index in [2.05, 4.69) is 41.8 Å². The molecule has 1 aromatic carbocycles. The molecule has 4 nitrogen and oxygen atoms in total. The predicted octanol–water partition coefficient (Wildman–Crippen LogP) is 3.09. The molecule has 0 unspecified atom stereocenters.